The van der Waals surface area contributed by atoms with Crippen LogP contribution in [0.25, 0.3) is 0 Å². The fourth-order valence-corrected chi connectivity index (χ4v) is 1.72. The molecular formula is C14H16N2O3. The number of carbonyl (C=O) groups is 1. The Morgan fingerprint density at radius 3 is 2.53 bits per heavy atom. The summed E-state index contributed by atoms with van der Waals surface area (Å²) in [5.74, 6) is -0.562. The second-order valence-corrected chi connectivity index (χ2v) is 4.26. The molecule has 1 aromatic heterocycles. The minimum atomic E-state index is -1.08. The molecular weight excluding hydrogens is 244 g/mol. The molecule has 19 heavy (non-hydrogen) atoms. The molecule has 0 aliphatic heterocycles. The summed E-state index contributed by atoms with van der Waals surface area (Å²) in [5, 5.41) is 15.3. The first-order chi connectivity index (χ1) is 9.19. The van der Waals surface area contributed by atoms with E-state index in [0.717, 1.165) is 6.42 Å². The van der Waals surface area contributed by atoms with Gasteiger partial charge in [-0.3, -0.25) is 0 Å². The van der Waals surface area contributed by atoms with Crippen LogP contribution in [0, 0.1) is 0 Å². The fraction of sp³-hybridized carbons (Fsp3) is 0.286. The van der Waals surface area contributed by atoms with Crippen molar-refractivity contribution in [1.82, 2.24) is 10.5 Å². The molecule has 0 atom stereocenters. The largest absolute Gasteiger partial charge is 0.476 e. The van der Waals surface area contributed by atoms with Crippen molar-refractivity contribution < 1.29 is 14.4 Å². The number of rotatable bonds is 6. The zero-order valence-electron chi connectivity index (χ0n) is 10.7. The quantitative estimate of drug-likeness (QED) is 0.833. The molecule has 0 aliphatic carbocycles. The highest BCUT2D eigenvalue weighted by molar-refractivity contribution is 5.85. The first kappa shape index (κ1) is 13.3. The fourth-order valence-electron chi connectivity index (χ4n) is 1.72. The Morgan fingerprint density at radius 2 is 1.95 bits per heavy atom. The van der Waals surface area contributed by atoms with Gasteiger partial charge in [-0.1, -0.05) is 36.3 Å². The maximum atomic E-state index is 10.6. The van der Waals surface area contributed by atoms with Gasteiger partial charge in [0.25, 0.3) is 0 Å². The van der Waals surface area contributed by atoms with Crippen LogP contribution in [0.15, 0.2) is 34.9 Å². The molecule has 0 aliphatic rings. The molecule has 1 aromatic carbocycles. The molecule has 0 saturated carbocycles. The van der Waals surface area contributed by atoms with Crippen molar-refractivity contribution in [2.75, 3.05) is 0 Å². The summed E-state index contributed by atoms with van der Waals surface area (Å²) in [4.78, 5) is 10.6. The zero-order valence-corrected chi connectivity index (χ0v) is 10.7. The number of aromatic nitrogens is 1. The second-order valence-electron chi connectivity index (χ2n) is 4.26. The lowest BCUT2D eigenvalue weighted by molar-refractivity contribution is 0.0685. The maximum absolute atomic E-state index is 10.6. The minimum absolute atomic E-state index is 0.0656. The van der Waals surface area contributed by atoms with Crippen molar-refractivity contribution in [2.24, 2.45) is 0 Å². The number of nitrogens with zero attached hydrogens (tertiary/aromatic N) is 1. The number of carboxylic acids is 1. The van der Waals surface area contributed by atoms with Crippen LogP contribution in [0.4, 0.5) is 0 Å². The third-order valence-corrected chi connectivity index (χ3v) is 2.84. The number of aryl methyl sites for hydroxylation is 1. The average Bonchev–Trinajstić information content (AvgIpc) is 2.89. The van der Waals surface area contributed by atoms with Crippen molar-refractivity contribution in [3.63, 3.8) is 0 Å². The average molecular weight is 260 g/mol. The van der Waals surface area contributed by atoms with E-state index in [1.54, 1.807) is 0 Å². The SMILES string of the molecule is CCc1ccc(CNCc2cc(C(=O)O)no2)cc1. The Labute approximate surface area is 111 Å². The van der Waals surface area contributed by atoms with Crippen LogP contribution in [0.1, 0.15) is 34.3 Å². The summed E-state index contributed by atoms with van der Waals surface area (Å²) in [6.07, 6.45) is 1.03. The van der Waals surface area contributed by atoms with E-state index < -0.39 is 5.97 Å². The van der Waals surface area contributed by atoms with Gasteiger partial charge in [0.05, 0.1) is 6.54 Å². The normalized spacial score (nSPS) is 10.6. The summed E-state index contributed by atoms with van der Waals surface area (Å²) >= 11 is 0. The third-order valence-electron chi connectivity index (χ3n) is 2.84. The Morgan fingerprint density at radius 1 is 1.26 bits per heavy atom. The van der Waals surface area contributed by atoms with Crippen LogP contribution in [0.2, 0.25) is 0 Å². The molecule has 100 valence electrons. The van der Waals surface area contributed by atoms with Crippen molar-refractivity contribution in [1.29, 1.82) is 0 Å². The monoisotopic (exact) mass is 260 g/mol. The molecule has 0 amide bonds. The molecule has 0 spiro atoms. The molecule has 2 N–H and O–H groups in total. The van der Waals surface area contributed by atoms with E-state index in [0.29, 0.717) is 18.8 Å². The second kappa shape index (κ2) is 6.15. The number of carboxylic acid groups (broad SMARTS) is 1. The summed E-state index contributed by atoms with van der Waals surface area (Å²) in [5.41, 5.74) is 2.42. The van der Waals surface area contributed by atoms with Crippen molar-refractivity contribution in [3.8, 4) is 0 Å². The van der Waals surface area contributed by atoms with Gasteiger partial charge in [0, 0.05) is 12.6 Å². The molecule has 5 nitrogen and oxygen atoms in total. The Hall–Kier alpha value is -2.14. The summed E-state index contributed by atoms with van der Waals surface area (Å²) in [7, 11) is 0. The molecule has 0 unspecified atom stereocenters. The lowest BCUT2D eigenvalue weighted by Crippen LogP contribution is -2.12. The predicted octanol–water partition coefficient (Wildman–Crippen LogP) is 2.22. The topological polar surface area (TPSA) is 75.4 Å². The lowest BCUT2D eigenvalue weighted by atomic mass is 10.1. The van der Waals surface area contributed by atoms with Gasteiger partial charge in [-0.2, -0.15) is 0 Å². The van der Waals surface area contributed by atoms with E-state index in [9.17, 15) is 4.79 Å². The predicted molar refractivity (Wildman–Crippen MR) is 69.8 cm³/mol. The van der Waals surface area contributed by atoms with Gasteiger partial charge in [-0.25, -0.2) is 4.79 Å². The lowest BCUT2D eigenvalue weighted by Gasteiger charge is -2.03. The first-order valence-electron chi connectivity index (χ1n) is 6.16. The van der Waals surface area contributed by atoms with Gasteiger partial charge in [0.1, 0.15) is 0 Å². The summed E-state index contributed by atoms with van der Waals surface area (Å²) in [6, 6.07) is 9.79. The third kappa shape index (κ3) is 3.66. The van der Waals surface area contributed by atoms with Crippen molar-refractivity contribution in [3.05, 3.63) is 52.9 Å². The van der Waals surface area contributed by atoms with E-state index in [-0.39, 0.29) is 5.69 Å². The van der Waals surface area contributed by atoms with E-state index in [1.807, 2.05) is 0 Å². The zero-order chi connectivity index (χ0) is 13.7. The van der Waals surface area contributed by atoms with Crippen LogP contribution in [0.3, 0.4) is 0 Å². The summed E-state index contributed by atoms with van der Waals surface area (Å²) in [6.45, 7) is 3.28. The van der Waals surface area contributed by atoms with E-state index in [1.165, 1.54) is 17.2 Å². The van der Waals surface area contributed by atoms with Crippen LogP contribution in [-0.2, 0) is 19.5 Å². The van der Waals surface area contributed by atoms with E-state index in [2.05, 4.69) is 41.7 Å². The van der Waals surface area contributed by atoms with E-state index >= 15 is 0 Å². The van der Waals surface area contributed by atoms with Gasteiger partial charge in [-0.05, 0) is 17.5 Å². The maximum Gasteiger partial charge on any atom is 0.358 e. The number of hydrogen-bond acceptors (Lipinski definition) is 4. The molecule has 0 radical (unpaired) electrons. The number of nitrogens with one attached hydrogen (secondary N) is 1. The highest BCUT2D eigenvalue weighted by Gasteiger charge is 2.09. The number of benzene rings is 1. The molecule has 2 aromatic rings. The smallest absolute Gasteiger partial charge is 0.358 e. The molecule has 1 heterocycles. The van der Waals surface area contributed by atoms with Crippen molar-refractivity contribution >= 4 is 5.97 Å². The van der Waals surface area contributed by atoms with Crippen LogP contribution >= 0.6 is 0 Å². The van der Waals surface area contributed by atoms with Gasteiger partial charge < -0.3 is 14.9 Å². The number of aromatic carboxylic acids is 1. The van der Waals surface area contributed by atoms with Crippen LogP contribution in [0.5, 0.6) is 0 Å². The Bertz CT molecular complexity index is 546. The summed E-state index contributed by atoms with van der Waals surface area (Å²) < 4.78 is 4.91. The standard InChI is InChI=1S/C14H16N2O3/c1-2-10-3-5-11(6-4-10)8-15-9-12-7-13(14(17)18)16-19-12/h3-7,15H,2,8-9H2,1H3,(H,17,18). The van der Waals surface area contributed by atoms with Gasteiger partial charge >= 0.3 is 5.97 Å². The number of hydrogen-bond donors (Lipinski definition) is 2. The molecule has 0 saturated heterocycles. The van der Waals surface area contributed by atoms with Crippen LogP contribution in [-0.4, -0.2) is 16.2 Å². The molecule has 0 fully saturated rings. The highest BCUT2D eigenvalue weighted by Crippen LogP contribution is 2.06. The molecule has 5 heteroatoms. The van der Waals surface area contributed by atoms with Crippen LogP contribution < -0.4 is 5.32 Å². The first-order valence-corrected chi connectivity index (χ1v) is 6.16. The Balaban J connectivity index is 1.83. The minimum Gasteiger partial charge on any atom is -0.476 e. The molecule has 2 rings (SSSR count). The Kier molecular flexibility index (Phi) is 4.30. The van der Waals surface area contributed by atoms with Gasteiger partial charge in [-0.15, -0.1) is 0 Å². The van der Waals surface area contributed by atoms with E-state index in [4.69, 9.17) is 9.63 Å². The van der Waals surface area contributed by atoms with Gasteiger partial charge in [0.2, 0.25) is 0 Å². The molecule has 0 bridgehead atoms. The van der Waals surface area contributed by atoms with Gasteiger partial charge in [0.15, 0.2) is 11.5 Å². The van der Waals surface area contributed by atoms with Crippen molar-refractivity contribution in [2.45, 2.75) is 26.4 Å². The highest BCUT2D eigenvalue weighted by atomic mass is 16.5.